The molecule has 0 aromatic heterocycles. The Morgan fingerprint density at radius 3 is 2.72 bits per heavy atom. The molecule has 2 fully saturated rings. The third-order valence-electron chi connectivity index (χ3n) is 5.24. The highest BCUT2D eigenvalue weighted by Crippen LogP contribution is 2.30. The zero-order valence-electron chi connectivity index (χ0n) is 12.4. The maximum Gasteiger partial charge on any atom is 0.00927 e. The van der Waals surface area contributed by atoms with Crippen molar-refractivity contribution in [1.29, 1.82) is 0 Å². The molecule has 1 aliphatic heterocycles. The van der Waals surface area contributed by atoms with Gasteiger partial charge < -0.3 is 10.6 Å². The van der Waals surface area contributed by atoms with Crippen LogP contribution in [0.4, 0.5) is 0 Å². The molecule has 1 saturated carbocycles. The van der Waals surface area contributed by atoms with Crippen LogP contribution in [0.1, 0.15) is 65.2 Å². The largest absolute Gasteiger partial charge is 0.327 e. The lowest BCUT2D eigenvalue weighted by Crippen LogP contribution is -2.45. The van der Waals surface area contributed by atoms with Crippen molar-refractivity contribution in [3.05, 3.63) is 0 Å². The Morgan fingerprint density at radius 1 is 1.11 bits per heavy atom. The third-order valence-corrected chi connectivity index (χ3v) is 5.24. The van der Waals surface area contributed by atoms with E-state index >= 15 is 0 Å². The number of nitrogens with two attached hydrogens (primary N) is 1. The summed E-state index contributed by atoms with van der Waals surface area (Å²) in [6, 6.07) is 1.29. The van der Waals surface area contributed by atoms with Crippen molar-refractivity contribution >= 4 is 0 Å². The fourth-order valence-corrected chi connectivity index (χ4v) is 3.97. The first-order chi connectivity index (χ1) is 8.70. The molecule has 0 spiro atoms. The number of likely N-dealkylation sites (tertiary alicyclic amines) is 1. The smallest absolute Gasteiger partial charge is 0.00927 e. The summed E-state index contributed by atoms with van der Waals surface area (Å²) < 4.78 is 0. The molecule has 18 heavy (non-hydrogen) atoms. The fourth-order valence-electron chi connectivity index (χ4n) is 3.97. The molecule has 1 saturated heterocycles. The predicted molar refractivity (Wildman–Crippen MR) is 78.6 cm³/mol. The second kappa shape index (κ2) is 6.91. The molecule has 0 amide bonds. The van der Waals surface area contributed by atoms with Gasteiger partial charge in [0.15, 0.2) is 0 Å². The van der Waals surface area contributed by atoms with E-state index in [1.54, 1.807) is 0 Å². The van der Waals surface area contributed by atoms with E-state index in [9.17, 15) is 0 Å². The minimum Gasteiger partial charge on any atom is -0.327 e. The summed E-state index contributed by atoms with van der Waals surface area (Å²) in [5.74, 6) is 1.64. The zero-order chi connectivity index (χ0) is 13.0. The molecular weight excluding hydrogens is 220 g/mol. The van der Waals surface area contributed by atoms with Crippen molar-refractivity contribution in [1.82, 2.24) is 4.90 Å². The van der Waals surface area contributed by atoms with Crippen molar-refractivity contribution in [3.8, 4) is 0 Å². The first-order valence-electron chi connectivity index (χ1n) is 8.20. The number of hydrogen-bond acceptors (Lipinski definition) is 2. The van der Waals surface area contributed by atoms with Gasteiger partial charge in [0.2, 0.25) is 0 Å². The standard InChI is InChI=1S/C16H32N2/c1-3-15-7-5-4-6-10-18(15)12-14-11-13(2)8-9-16(14)17/h13-16H,3-12,17H2,1-2H3. The van der Waals surface area contributed by atoms with Crippen molar-refractivity contribution in [3.63, 3.8) is 0 Å². The Kier molecular flexibility index (Phi) is 5.50. The van der Waals surface area contributed by atoms with Gasteiger partial charge in [0.05, 0.1) is 0 Å². The van der Waals surface area contributed by atoms with Gasteiger partial charge in [-0.05, 0) is 56.9 Å². The molecular formula is C16H32N2. The van der Waals surface area contributed by atoms with Crippen LogP contribution in [-0.2, 0) is 0 Å². The first-order valence-corrected chi connectivity index (χ1v) is 8.20. The molecule has 1 aliphatic carbocycles. The van der Waals surface area contributed by atoms with Gasteiger partial charge >= 0.3 is 0 Å². The average molecular weight is 252 g/mol. The average Bonchev–Trinajstić information content (AvgIpc) is 2.59. The van der Waals surface area contributed by atoms with Crippen LogP contribution < -0.4 is 5.73 Å². The quantitative estimate of drug-likeness (QED) is 0.834. The van der Waals surface area contributed by atoms with E-state index in [4.69, 9.17) is 5.73 Å². The molecule has 2 N–H and O–H groups in total. The van der Waals surface area contributed by atoms with E-state index in [1.165, 1.54) is 64.5 Å². The predicted octanol–water partition coefficient (Wildman–Crippen LogP) is 3.40. The van der Waals surface area contributed by atoms with E-state index in [-0.39, 0.29) is 0 Å². The second-order valence-corrected chi connectivity index (χ2v) is 6.75. The molecule has 0 aromatic carbocycles. The van der Waals surface area contributed by atoms with Gasteiger partial charge in [-0.15, -0.1) is 0 Å². The number of hydrogen-bond donors (Lipinski definition) is 1. The Hall–Kier alpha value is -0.0800. The molecule has 2 rings (SSSR count). The summed E-state index contributed by atoms with van der Waals surface area (Å²) in [4.78, 5) is 2.77. The fraction of sp³-hybridized carbons (Fsp3) is 1.00. The van der Waals surface area contributed by atoms with Crippen molar-refractivity contribution in [2.75, 3.05) is 13.1 Å². The van der Waals surface area contributed by atoms with Crippen LogP contribution in [0.3, 0.4) is 0 Å². The summed E-state index contributed by atoms with van der Waals surface area (Å²) in [5, 5.41) is 0. The summed E-state index contributed by atoms with van der Waals surface area (Å²) in [7, 11) is 0. The van der Waals surface area contributed by atoms with Gasteiger partial charge in [-0.25, -0.2) is 0 Å². The molecule has 0 aromatic rings. The molecule has 2 nitrogen and oxygen atoms in total. The topological polar surface area (TPSA) is 29.3 Å². The number of nitrogens with zero attached hydrogens (tertiary/aromatic N) is 1. The molecule has 1 heterocycles. The van der Waals surface area contributed by atoms with Crippen LogP contribution in [0.5, 0.6) is 0 Å². The summed E-state index contributed by atoms with van der Waals surface area (Å²) in [6.07, 6.45) is 10.9. The van der Waals surface area contributed by atoms with Crippen molar-refractivity contribution in [2.45, 2.75) is 77.3 Å². The molecule has 2 aliphatic rings. The highest BCUT2D eigenvalue weighted by atomic mass is 15.2. The minimum atomic E-state index is 0.460. The van der Waals surface area contributed by atoms with Crippen LogP contribution in [0.2, 0.25) is 0 Å². The third kappa shape index (κ3) is 3.71. The van der Waals surface area contributed by atoms with Gasteiger partial charge in [-0.3, -0.25) is 0 Å². The molecule has 0 radical (unpaired) electrons. The molecule has 2 heteroatoms. The molecule has 4 atom stereocenters. The summed E-state index contributed by atoms with van der Waals surface area (Å²) >= 11 is 0. The lowest BCUT2D eigenvalue weighted by molar-refractivity contribution is 0.123. The lowest BCUT2D eigenvalue weighted by atomic mass is 9.78. The Balaban J connectivity index is 1.92. The summed E-state index contributed by atoms with van der Waals surface area (Å²) in [5.41, 5.74) is 6.36. The van der Waals surface area contributed by atoms with Gasteiger partial charge in [0.25, 0.3) is 0 Å². The maximum absolute atomic E-state index is 6.36. The van der Waals surface area contributed by atoms with E-state index in [2.05, 4.69) is 18.7 Å². The van der Waals surface area contributed by atoms with Crippen molar-refractivity contribution in [2.24, 2.45) is 17.6 Å². The Bertz CT molecular complexity index is 241. The first kappa shape index (κ1) is 14.3. The van der Waals surface area contributed by atoms with E-state index in [0.717, 1.165) is 17.9 Å². The number of rotatable bonds is 3. The van der Waals surface area contributed by atoms with Crippen LogP contribution in [0.25, 0.3) is 0 Å². The highest BCUT2D eigenvalue weighted by molar-refractivity contribution is 4.85. The second-order valence-electron chi connectivity index (χ2n) is 6.75. The van der Waals surface area contributed by atoms with Crippen molar-refractivity contribution < 1.29 is 0 Å². The zero-order valence-corrected chi connectivity index (χ0v) is 12.4. The Morgan fingerprint density at radius 2 is 1.94 bits per heavy atom. The monoisotopic (exact) mass is 252 g/mol. The van der Waals surface area contributed by atoms with Crippen LogP contribution in [-0.4, -0.2) is 30.1 Å². The van der Waals surface area contributed by atoms with E-state index in [0.29, 0.717) is 6.04 Å². The van der Waals surface area contributed by atoms with Gasteiger partial charge in [0, 0.05) is 18.6 Å². The Labute approximate surface area is 113 Å². The van der Waals surface area contributed by atoms with Gasteiger partial charge in [-0.2, -0.15) is 0 Å². The highest BCUT2D eigenvalue weighted by Gasteiger charge is 2.29. The van der Waals surface area contributed by atoms with Gasteiger partial charge in [-0.1, -0.05) is 26.7 Å². The van der Waals surface area contributed by atoms with Crippen LogP contribution >= 0.6 is 0 Å². The van der Waals surface area contributed by atoms with E-state index in [1.807, 2.05) is 0 Å². The lowest BCUT2D eigenvalue weighted by Gasteiger charge is -2.38. The van der Waals surface area contributed by atoms with E-state index < -0.39 is 0 Å². The molecule has 4 unspecified atom stereocenters. The maximum atomic E-state index is 6.36. The molecule has 0 bridgehead atoms. The normalized spacial score (nSPS) is 39.5. The SMILES string of the molecule is CCC1CCCCCN1CC1CC(C)CCC1N. The van der Waals surface area contributed by atoms with Crippen LogP contribution in [0.15, 0.2) is 0 Å². The minimum absolute atomic E-state index is 0.460. The molecule has 106 valence electrons. The summed E-state index contributed by atoms with van der Waals surface area (Å²) in [6.45, 7) is 7.34. The van der Waals surface area contributed by atoms with Crippen LogP contribution in [0, 0.1) is 11.8 Å². The van der Waals surface area contributed by atoms with Gasteiger partial charge in [0.1, 0.15) is 0 Å².